The van der Waals surface area contributed by atoms with Crippen molar-refractivity contribution in [2.45, 2.75) is 13.0 Å². The number of rotatable bonds is 3. The zero-order valence-electron chi connectivity index (χ0n) is 15.1. The van der Waals surface area contributed by atoms with Crippen LogP contribution in [0.3, 0.4) is 0 Å². The number of H-pyrrole nitrogens is 2. The minimum atomic E-state index is -0.601. The molecule has 0 spiro atoms. The van der Waals surface area contributed by atoms with Crippen molar-refractivity contribution in [3.05, 3.63) is 65.5 Å². The third-order valence-corrected chi connectivity index (χ3v) is 5.23. The van der Waals surface area contributed by atoms with Crippen LogP contribution in [0.15, 0.2) is 48.5 Å². The van der Waals surface area contributed by atoms with Gasteiger partial charge in [0.25, 0.3) is 5.91 Å². The van der Waals surface area contributed by atoms with Crippen molar-refractivity contribution < 1.29 is 14.3 Å². The number of hydrogen-bond acceptors (Lipinski definition) is 4. The predicted octanol–water partition coefficient (Wildman–Crippen LogP) is 2.79. The van der Waals surface area contributed by atoms with Gasteiger partial charge in [0.05, 0.1) is 5.52 Å². The molecule has 2 aromatic carbocycles. The molecule has 4 aromatic rings. The van der Waals surface area contributed by atoms with E-state index in [9.17, 15) is 9.59 Å². The highest BCUT2D eigenvalue weighted by atomic mass is 16.5. The lowest BCUT2D eigenvalue weighted by Gasteiger charge is -2.27. The van der Waals surface area contributed by atoms with Crippen molar-refractivity contribution in [3.63, 3.8) is 0 Å². The topological polar surface area (TPSA) is 91.1 Å². The van der Waals surface area contributed by atoms with E-state index in [1.807, 2.05) is 36.4 Å². The maximum atomic E-state index is 12.6. The second kappa shape index (κ2) is 6.53. The van der Waals surface area contributed by atoms with Crippen LogP contribution >= 0.6 is 0 Å². The predicted molar refractivity (Wildman–Crippen MR) is 104 cm³/mol. The number of carbonyl (C=O) groups is 2. The number of nitrogens with one attached hydrogen (secondary N) is 2. The molecule has 1 aliphatic heterocycles. The maximum Gasteiger partial charge on any atom is 0.359 e. The van der Waals surface area contributed by atoms with Gasteiger partial charge in [-0.2, -0.15) is 5.10 Å². The van der Waals surface area contributed by atoms with Crippen molar-refractivity contribution in [1.82, 2.24) is 20.1 Å². The van der Waals surface area contributed by atoms with Crippen molar-refractivity contribution in [2.75, 3.05) is 13.2 Å². The van der Waals surface area contributed by atoms with Gasteiger partial charge in [0.2, 0.25) is 0 Å². The number of esters is 1. The number of fused-ring (bicyclic) bond motifs is 4. The molecule has 1 aliphatic rings. The van der Waals surface area contributed by atoms with Crippen LogP contribution in [-0.2, 0) is 22.5 Å². The summed E-state index contributed by atoms with van der Waals surface area (Å²) in [6.07, 6.45) is 0.758. The van der Waals surface area contributed by atoms with Gasteiger partial charge in [0, 0.05) is 47.1 Å². The lowest BCUT2D eigenvalue weighted by Crippen LogP contribution is -2.38. The fourth-order valence-electron chi connectivity index (χ4n) is 3.79. The fraction of sp³-hybridized carbons (Fsp3) is 0.190. The third-order valence-electron chi connectivity index (χ3n) is 5.23. The molecule has 0 saturated carbocycles. The van der Waals surface area contributed by atoms with Crippen molar-refractivity contribution in [2.24, 2.45) is 0 Å². The van der Waals surface area contributed by atoms with E-state index in [0.717, 1.165) is 28.4 Å². The maximum absolute atomic E-state index is 12.6. The van der Waals surface area contributed by atoms with Crippen LogP contribution in [-0.4, -0.2) is 45.1 Å². The number of carbonyl (C=O) groups excluding carboxylic acids is 2. The van der Waals surface area contributed by atoms with Crippen molar-refractivity contribution in [3.8, 4) is 0 Å². The molecular formula is C21H18N4O3. The summed E-state index contributed by atoms with van der Waals surface area (Å²) in [6, 6.07) is 15.4. The van der Waals surface area contributed by atoms with E-state index in [0.29, 0.717) is 18.5 Å². The van der Waals surface area contributed by atoms with Crippen LogP contribution in [0.2, 0.25) is 0 Å². The SMILES string of the molecule is O=C(OCC(=O)N1CCc2[nH]c3ccccc3c2C1)c1n[nH]c2ccccc12. The van der Waals surface area contributed by atoms with Crippen LogP contribution in [0.5, 0.6) is 0 Å². The summed E-state index contributed by atoms with van der Waals surface area (Å²) in [6.45, 7) is 0.820. The first-order valence-electron chi connectivity index (χ1n) is 9.17. The van der Waals surface area contributed by atoms with Gasteiger partial charge in [-0.3, -0.25) is 9.89 Å². The molecule has 2 aromatic heterocycles. The monoisotopic (exact) mass is 374 g/mol. The summed E-state index contributed by atoms with van der Waals surface area (Å²) in [5.41, 5.74) is 4.34. The first-order valence-corrected chi connectivity index (χ1v) is 9.17. The normalized spacial score (nSPS) is 13.6. The molecular weight excluding hydrogens is 356 g/mol. The first-order chi connectivity index (χ1) is 13.7. The zero-order valence-corrected chi connectivity index (χ0v) is 15.1. The highest BCUT2D eigenvalue weighted by Crippen LogP contribution is 2.27. The Bertz CT molecular complexity index is 1210. The molecule has 0 fully saturated rings. The summed E-state index contributed by atoms with van der Waals surface area (Å²) >= 11 is 0. The Morgan fingerprint density at radius 1 is 1.04 bits per heavy atom. The van der Waals surface area contributed by atoms with Crippen molar-refractivity contribution in [1.29, 1.82) is 0 Å². The molecule has 3 heterocycles. The van der Waals surface area contributed by atoms with Gasteiger partial charge in [-0.15, -0.1) is 0 Å². The molecule has 2 N–H and O–H groups in total. The molecule has 0 bridgehead atoms. The molecule has 7 heteroatoms. The van der Waals surface area contributed by atoms with E-state index in [2.05, 4.69) is 21.2 Å². The summed E-state index contributed by atoms with van der Waals surface area (Å²) in [7, 11) is 0. The molecule has 0 radical (unpaired) electrons. The molecule has 5 rings (SSSR count). The average Bonchev–Trinajstić information content (AvgIpc) is 3.32. The Balaban J connectivity index is 1.28. The standard InChI is InChI=1S/C21H18N4O3/c26-19(12-28-21(27)20-14-6-2-4-8-18(14)23-24-20)25-10-9-17-15(11-25)13-5-1-3-7-16(13)22-17/h1-8,22H,9-12H2,(H,23,24). The Morgan fingerprint density at radius 3 is 2.64 bits per heavy atom. The minimum absolute atomic E-state index is 0.195. The lowest BCUT2D eigenvalue weighted by atomic mass is 10.0. The lowest BCUT2D eigenvalue weighted by molar-refractivity contribution is -0.135. The number of amides is 1. The molecule has 0 unspecified atom stereocenters. The number of para-hydroxylation sites is 2. The van der Waals surface area contributed by atoms with Gasteiger partial charge >= 0.3 is 5.97 Å². The van der Waals surface area contributed by atoms with Gasteiger partial charge in [0.1, 0.15) is 0 Å². The largest absolute Gasteiger partial charge is 0.451 e. The number of aromatic nitrogens is 3. The number of benzene rings is 2. The van der Waals surface area contributed by atoms with Gasteiger partial charge in [-0.05, 0) is 12.1 Å². The second-order valence-electron chi connectivity index (χ2n) is 6.89. The Hall–Kier alpha value is -3.61. The third kappa shape index (κ3) is 2.72. The summed E-state index contributed by atoms with van der Waals surface area (Å²) in [5, 5.41) is 8.63. The molecule has 140 valence electrons. The highest BCUT2D eigenvalue weighted by molar-refractivity contribution is 6.02. The average molecular weight is 374 g/mol. The van der Waals surface area contributed by atoms with Crippen LogP contribution in [0.4, 0.5) is 0 Å². The summed E-state index contributed by atoms with van der Waals surface area (Å²) in [5.74, 6) is -0.806. The molecule has 28 heavy (non-hydrogen) atoms. The van der Waals surface area contributed by atoms with E-state index >= 15 is 0 Å². The van der Waals surface area contributed by atoms with Crippen LogP contribution in [0.25, 0.3) is 21.8 Å². The number of nitrogens with zero attached hydrogens (tertiary/aromatic N) is 2. The Labute approximate surface area is 160 Å². The van der Waals surface area contributed by atoms with E-state index in [-0.39, 0.29) is 18.2 Å². The van der Waals surface area contributed by atoms with Gasteiger partial charge in [0.15, 0.2) is 12.3 Å². The quantitative estimate of drug-likeness (QED) is 0.540. The zero-order chi connectivity index (χ0) is 19.1. The van der Waals surface area contributed by atoms with Crippen molar-refractivity contribution >= 4 is 33.7 Å². The van der Waals surface area contributed by atoms with Gasteiger partial charge in [-0.1, -0.05) is 36.4 Å². The first kappa shape index (κ1) is 16.6. The van der Waals surface area contributed by atoms with E-state index in [1.165, 1.54) is 5.69 Å². The van der Waals surface area contributed by atoms with E-state index in [4.69, 9.17) is 4.74 Å². The van der Waals surface area contributed by atoms with E-state index < -0.39 is 5.97 Å². The smallest absolute Gasteiger partial charge is 0.359 e. The molecule has 0 aliphatic carbocycles. The Kier molecular flexibility index (Phi) is 3.86. The van der Waals surface area contributed by atoms with Crippen LogP contribution < -0.4 is 0 Å². The second-order valence-corrected chi connectivity index (χ2v) is 6.89. The van der Waals surface area contributed by atoms with Crippen LogP contribution in [0.1, 0.15) is 21.7 Å². The molecule has 0 atom stereocenters. The minimum Gasteiger partial charge on any atom is -0.451 e. The molecule has 7 nitrogen and oxygen atoms in total. The van der Waals surface area contributed by atoms with Gasteiger partial charge < -0.3 is 14.6 Å². The van der Waals surface area contributed by atoms with Crippen LogP contribution in [0, 0.1) is 0 Å². The summed E-state index contributed by atoms with van der Waals surface area (Å²) in [4.78, 5) is 30.1. The van der Waals surface area contributed by atoms with E-state index in [1.54, 1.807) is 11.0 Å². The highest BCUT2D eigenvalue weighted by Gasteiger charge is 2.25. The number of aromatic amines is 2. The molecule has 1 amide bonds. The molecule has 0 saturated heterocycles. The summed E-state index contributed by atoms with van der Waals surface area (Å²) < 4.78 is 5.25. The van der Waals surface area contributed by atoms with Gasteiger partial charge in [-0.25, -0.2) is 4.79 Å². The number of ether oxygens (including phenoxy) is 1. The fourth-order valence-corrected chi connectivity index (χ4v) is 3.79. The number of hydrogen-bond donors (Lipinski definition) is 2. The Morgan fingerprint density at radius 2 is 1.79 bits per heavy atom.